The summed E-state index contributed by atoms with van der Waals surface area (Å²) in [5.74, 6) is -0.526. The summed E-state index contributed by atoms with van der Waals surface area (Å²) in [7, 11) is 0. The minimum Gasteiger partial charge on any atom is -0.493 e. The molecule has 3 N–H and O–H groups in total. The van der Waals surface area contributed by atoms with Crippen molar-refractivity contribution in [3.8, 4) is 16.3 Å². The van der Waals surface area contributed by atoms with E-state index >= 15 is 0 Å². The van der Waals surface area contributed by atoms with Crippen LogP contribution in [-0.2, 0) is 18.1 Å². The van der Waals surface area contributed by atoms with E-state index in [0.29, 0.717) is 11.4 Å². The van der Waals surface area contributed by atoms with E-state index in [2.05, 4.69) is 10.2 Å². The number of nitrogens with two attached hydrogens (primary N) is 1. The average Bonchev–Trinajstić information content (AvgIpc) is 3.28. The van der Waals surface area contributed by atoms with Crippen LogP contribution in [0.15, 0.2) is 42.5 Å². The van der Waals surface area contributed by atoms with Crippen LogP contribution in [-0.4, -0.2) is 28.5 Å². The molecule has 33 heavy (non-hydrogen) atoms. The molecule has 1 atom stereocenters. The Morgan fingerprint density at radius 2 is 1.76 bits per heavy atom. The van der Waals surface area contributed by atoms with E-state index in [1.54, 1.807) is 19.1 Å². The predicted molar refractivity (Wildman–Crippen MR) is 118 cm³/mol. The predicted octanol–water partition coefficient (Wildman–Crippen LogP) is 5.32. The molecule has 1 unspecified atom stereocenters. The van der Waals surface area contributed by atoms with E-state index in [1.165, 1.54) is 24.3 Å². The number of rotatable bonds is 10. The summed E-state index contributed by atoms with van der Waals surface area (Å²) in [5, 5.41) is 17.8. The summed E-state index contributed by atoms with van der Waals surface area (Å²) >= 11 is 1.03. The molecule has 10 heteroatoms. The number of alkyl halides is 3. The minimum absolute atomic E-state index is 0.150. The number of aliphatic hydroxyl groups excluding tert-OH is 1. The molecule has 1 aromatic heterocycles. The van der Waals surface area contributed by atoms with E-state index < -0.39 is 17.3 Å². The SMILES string of the molecule is CC(N)(CO)c1nnc(-c2ccc(OCCCCCc3ccc(F)cc3)c(C(F)(F)F)c2)s1. The van der Waals surface area contributed by atoms with Gasteiger partial charge in [-0.3, -0.25) is 0 Å². The van der Waals surface area contributed by atoms with Gasteiger partial charge in [0.15, 0.2) is 0 Å². The monoisotopic (exact) mass is 483 g/mol. The van der Waals surface area contributed by atoms with Crippen LogP contribution in [0.3, 0.4) is 0 Å². The Morgan fingerprint density at radius 1 is 1.03 bits per heavy atom. The van der Waals surface area contributed by atoms with Crippen LogP contribution in [0, 0.1) is 5.82 Å². The molecule has 0 amide bonds. The molecular weight excluding hydrogens is 458 g/mol. The van der Waals surface area contributed by atoms with E-state index in [4.69, 9.17) is 10.5 Å². The van der Waals surface area contributed by atoms with Gasteiger partial charge in [-0.1, -0.05) is 23.5 Å². The van der Waals surface area contributed by atoms with Crippen molar-refractivity contribution >= 4 is 11.3 Å². The lowest BCUT2D eigenvalue weighted by atomic mass is 10.1. The van der Waals surface area contributed by atoms with Crippen molar-refractivity contribution in [3.63, 3.8) is 0 Å². The number of unbranched alkanes of at least 4 members (excludes halogenated alkanes) is 2. The molecule has 0 saturated carbocycles. The molecule has 0 spiro atoms. The second kappa shape index (κ2) is 10.6. The molecule has 0 radical (unpaired) electrons. The average molecular weight is 484 g/mol. The first-order chi connectivity index (χ1) is 15.6. The number of aryl methyl sites for hydroxylation is 1. The maximum Gasteiger partial charge on any atom is 0.419 e. The molecule has 0 bridgehead atoms. The number of aromatic nitrogens is 2. The number of hydrogen-bond donors (Lipinski definition) is 2. The van der Waals surface area contributed by atoms with Gasteiger partial charge in [0.05, 0.1) is 24.3 Å². The molecule has 0 saturated heterocycles. The summed E-state index contributed by atoms with van der Waals surface area (Å²) in [5.41, 5.74) is 5.17. The van der Waals surface area contributed by atoms with Gasteiger partial charge < -0.3 is 15.6 Å². The van der Waals surface area contributed by atoms with Gasteiger partial charge >= 0.3 is 6.18 Å². The van der Waals surface area contributed by atoms with Gasteiger partial charge in [-0.2, -0.15) is 13.2 Å². The third-order valence-electron chi connectivity index (χ3n) is 5.05. The topological polar surface area (TPSA) is 81.3 Å². The van der Waals surface area contributed by atoms with Gasteiger partial charge in [-0.05, 0) is 68.5 Å². The number of benzene rings is 2. The number of halogens is 4. The third kappa shape index (κ3) is 6.72. The van der Waals surface area contributed by atoms with Gasteiger partial charge in [0.25, 0.3) is 0 Å². The zero-order valence-electron chi connectivity index (χ0n) is 18.0. The number of hydrogen-bond acceptors (Lipinski definition) is 6. The van der Waals surface area contributed by atoms with Gasteiger partial charge in [0, 0.05) is 5.56 Å². The number of aliphatic hydroxyl groups is 1. The van der Waals surface area contributed by atoms with Gasteiger partial charge in [0.1, 0.15) is 21.6 Å². The molecule has 2 aromatic carbocycles. The van der Waals surface area contributed by atoms with Crippen molar-refractivity contribution < 1.29 is 27.4 Å². The van der Waals surface area contributed by atoms with Gasteiger partial charge in [-0.25, -0.2) is 4.39 Å². The Morgan fingerprint density at radius 3 is 2.42 bits per heavy atom. The first kappa shape index (κ1) is 25.1. The quantitative estimate of drug-likeness (QED) is 0.301. The molecule has 3 aromatic rings. The van der Waals surface area contributed by atoms with E-state index in [0.717, 1.165) is 42.2 Å². The molecule has 0 aliphatic carbocycles. The lowest BCUT2D eigenvalue weighted by Crippen LogP contribution is -2.36. The highest BCUT2D eigenvalue weighted by Crippen LogP contribution is 2.39. The Hall–Kier alpha value is -2.56. The van der Waals surface area contributed by atoms with E-state index in [1.807, 2.05) is 0 Å². The van der Waals surface area contributed by atoms with Crippen molar-refractivity contribution in [2.24, 2.45) is 5.73 Å². The summed E-state index contributed by atoms with van der Waals surface area (Å²) in [6.45, 7) is 1.35. The van der Waals surface area contributed by atoms with Crippen molar-refractivity contribution in [1.82, 2.24) is 10.2 Å². The molecule has 3 rings (SSSR count). The van der Waals surface area contributed by atoms with Crippen molar-refractivity contribution in [2.75, 3.05) is 13.2 Å². The Labute approximate surface area is 193 Å². The maximum absolute atomic E-state index is 13.6. The Balaban J connectivity index is 1.61. The van der Waals surface area contributed by atoms with E-state index in [9.17, 15) is 22.7 Å². The van der Waals surface area contributed by atoms with Crippen LogP contribution >= 0.6 is 11.3 Å². The van der Waals surface area contributed by atoms with Crippen LogP contribution in [0.5, 0.6) is 5.75 Å². The first-order valence-corrected chi connectivity index (χ1v) is 11.2. The summed E-state index contributed by atoms with van der Waals surface area (Å²) < 4.78 is 59.3. The van der Waals surface area contributed by atoms with Crippen LogP contribution in [0.2, 0.25) is 0 Å². The smallest absolute Gasteiger partial charge is 0.419 e. The third-order valence-corrected chi connectivity index (χ3v) is 6.31. The van der Waals surface area contributed by atoms with Crippen LogP contribution in [0.25, 0.3) is 10.6 Å². The largest absolute Gasteiger partial charge is 0.493 e. The second-order valence-corrected chi connectivity index (χ2v) is 8.96. The number of nitrogens with zero attached hydrogens (tertiary/aromatic N) is 2. The second-order valence-electron chi connectivity index (χ2n) is 7.98. The maximum atomic E-state index is 13.6. The van der Waals surface area contributed by atoms with Crippen LogP contribution in [0.4, 0.5) is 17.6 Å². The first-order valence-electron chi connectivity index (χ1n) is 10.4. The lowest BCUT2D eigenvalue weighted by molar-refractivity contribution is -0.138. The van der Waals surface area contributed by atoms with Crippen molar-refractivity contribution in [2.45, 2.75) is 44.3 Å². The van der Waals surface area contributed by atoms with Crippen LogP contribution < -0.4 is 10.5 Å². The van der Waals surface area contributed by atoms with Crippen LogP contribution in [0.1, 0.15) is 42.3 Å². The highest BCUT2D eigenvalue weighted by Gasteiger charge is 2.35. The summed E-state index contributed by atoms with van der Waals surface area (Å²) in [6, 6.07) is 10.0. The van der Waals surface area contributed by atoms with Crippen molar-refractivity contribution in [3.05, 3.63) is 64.4 Å². The van der Waals surface area contributed by atoms with E-state index in [-0.39, 0.29) is 35.4 Å². The standard InChI is InChI=1S/C23H25F4N3O2S/c1-22(28,14-31)21-30-29-20(33-21)16-8-11-19(18(13-16)23(25,26)27)32-12-4-2-3-5-15-6-9-17(24)10-7-15/h6-11,13,31H,2-5,12,14,28H2,1H3. The molecule has 178 valence electrons. The molecule has 0 fully saturated rings. The zero-order valence-corrected chi connectivity index (χ0v) is 18.8. The molecule has 1 heterocycles. The highest BCUT2D eigenvalue weighted by molar-refractivity contribution is 7.14. The fourth-order valence-electron chi connectivity index (χ4n) is 3.09. The lowest BCUT2D eigenvalue weighted by Gasteiger charge is -2.17. The fraction of sp³-hybridized carbons (Fsp3) is 0.391. The normalized spacial score (nSPS) is 13.7. The molecule has 0 aliphatic heterocycles. The Bertz CT molecular complexity index is 1050. The molecular formula is C23H25F4N3O2S. The van der Waals surface area contributed by atoms with Gasteiger partial charge in [0.2, 0.25) is 0 Å². The summed E-state index contributed by atoms with van der Waals surface area (Å²) in [4.78, 5) is 0. The molecule has 0 aliphatic rings. The van der Waals surface area contributed by atoms with Gasteiger partial charge in [-0.15, -0.1) is 10.2 Å². The summed E-state index contributed by atoms with van der Waals surface area (Å²) in [6.07, 6.45) is -1.64. The molecule has 5 nitrogen and oxygen atoms in total. The fourth-order valence-corrected chi connectivity index (χ4v) is 3.98. The Kier molecular flexibility index (Phi) is 8.04. The van der Waals surface area contributed by atoms with Crippen molar-refractivity contribution in [1.29, 1.82) is 0 Å². The zero-order chi connectivity index (χ0) is 24.1. The minimum atomic E-state index is -4.60. The highest BCUT2D eigenvalue weighted by atomic mass is 32.1. The number of ether oxygens (including phenoxy) is 1.